The number of thiophene rings is 1. The molecule has 0 aromatic carbocycles. The molecule has 7 nitrogen and oxygen atoms in total. The SMILES string of the molecule is O=C(CCc1nc(-c2cccs2)no1)NNC(=S)NC1CCCC1. The summed E-state index contributed by atoms with van der Waals surface area (Å²) in [6, 6.07) is 4.27. The maximum Gasteiger partial charge on any atom is 0.238 e. The van der Waals surface area contributed by atoms with Crippen LogP contribution >= 0.6 is 23.6 Å². The molecule has 1 aliphatic rings. The normalized spacial score (nSPS) is 14.5. The third-order valence-electron chi connectivity index (χ3n) is 3.78. The Balaban J connectivity index is 1.37. The molecular weight excluding hydrogens is 346 g/mol. The third-order valence-corrected chi connectivity index (χ3v) is 4.87. The molecule has 2 aromatic rings. The Morgan fingerprint density at radius 3 is 2.96 bits per heavy atom. The molecule has 9 heteroatoms. The number of carbonyl (C=O) groups is 1. The molecule has 0 bridgehead atoms. The van der Waals surface area contributed by atoms with Crippen molar-refractivity contribution in [3.05, 3.63) is 23.4 Å². The monoisotopic (exact) mass is 365 g/mol. The molecule has 1 saturated carbocycles. The van der Waals surface area contributed by atoms with Crippen LogP contribution in [0.3, 0.4) is 0 Å². The predicted octanol–water partition coefficient (Wildman–Crippen LogP) is 2.17. The first-order chi connectivity index (χ1) is 11.7. The van der Waals surface area contributed by atoms with Crippen molar-refractivity contribution in [3.63, 3.8) is 0 Å². The number of amides is 1. The number of carbonyl (C=O) groups excluding carboxylic acids is 1. The van der Waals surface area contributed by atoms with E-state index in [1.807, 2.05) is 17.5 Å². The third kappa shape index (κ3) is 4.75. The molecule has 1 fully saturated rings. The summed E-state index contributed by atoms with van der Waals surface area (Å²) in [5.74, 6) is 0.821. The highest BCUT2D eigenvalue weighted by Crippen LogP contribution is 2.21. The Kier molecular flexibility index (Phi) is 5.76. The Morgan fingerprint density at radius 1 is 1.38 bits per heavy atom. The van der Waals surface area contributed by atoms with E-state index in [-0.39, 0.29) is 12.3 Å². The number of hydrazine groups is 1. The zero-order chi connectivity index (χ0) is 16.8. The summed E-state index contributed by atoms with van der Waals surface area (Å²) in [7, 11) is 0. The molecule has 3 rings (SSSR count). The fourth-order valence-electron chi connectivity index (χ4n) is 2.56. The van der Waals surface area contributed by atoms with Crippen LogP contribution < -0.4 is 16.2 Å². The van der Waals surface area contributed by atoms with Crippen LogP contribution in [0.4, 0.5) is 0 Å². The van der Waals surface area contributed by atoms with Crippen LogP contribution in [0, 0.1) is 0 Å². The molecule has 0 unspecified atom stereocenters. The summed E-state index contributed by atoms with van der Waals surface area (Å²) in [6.07, 6.45) is 5.33. The lowest BCUT2D eigenvalue weighted by atomic mass is 10.3. The van der Waals surface area contributed by atoms with E-state index < -0.39 is 0 Å². The Labute approximate surface area is 149 Å². The van der Waals surface area contributed by atoms with Crippen molar-refractivity contribution in [1.82, 2.24) is 26.3 Å². The van der Waals surface area contributed by atoms with Gasteiger partial charge < -0.3 is 9.84 Å². The van der Waals surface area contributed by atoms with Gasteiger partial charge in [0.05, 0.1) is 4.88 Å². The van der Waals surface area contributed by atoms with Gasteiger partial charge in [-0.2, -0.15) is 4.98 Å². The number of nitrogens with zero attached hydrogens (tertiary/aromatic N) is 2. The largest absolute Gasteiger partial charge is 0.359 e. The Morgan fingerprint density at radius 2 is 2.21 bits per heavy atom. The summed E-state index contributed by atoms with van der Waals surface area (Å²) < 4.78 is 5.16. The molecule has 0 atom stereocenters. The number of hydrogen-bond acceptors (Lipinski definition) is 6. The van der Waals surface area contributed by atoms with Gasteiger partial charge in [0, 0.05) is 18.9 Å². The highest BCUT2D eigenvalue weighted by atomic mass is 32.1. The first-order valence-corrected chi connectivity index (χ1v) is 9.21. The van der Waals surface area contributed by atoms with Crippen LogP contribution in [0.5, 0.6) is 0 Å². The summed E-state index contributed by atoms with van der Waals surface area (Å²) in [5.41, 5.74) is 5.31. The molecule has 2 heterocycles. The van der Waals surface area contributed by atoms with Gasteiger partial charge in [-0.15, -0.1) is 11.3 Å². The van der Waals surface area contributed by atoms with Gasteiger partial charge in [0.1, 0.15) is 0 Å². The van der Waals surface area contributed by atoms with Crippen molar-refractivity contribution in [3.8, 4) is 10.7 Å². The summed E-state index contributed by atoms with van der Waals surface area (Å²) in [6.45, 7) is 0. The molecule has 0 aliphatic heterocycles. The van der Waals surface area contributed by atoms with E-state index in [9.17, 15) is 4.79 Å². The van der Waals surface area contributed by atoms with E-state index in [2.05, 4.69) is 26.3 Å². The maximum atomic E-state index is 11.8. The van der Waals surface area contributed by atoms with Crippen molar-refractivity contribution >= 4 is 34.6 Å². The van der Waals surface area contributed by atoms with E-state index in [1.165, 1.54) is 12.8 Å². The van der Waals surface area contributed by atoms with Gasteiger partial charge in [-0.1, -0.05) is 24.1 Å². The Hall–Kier alpha value is -2.00. The second-order valence-electron chi connectivity index (χ2n) is 5.62. The van der Waals surface area contributed by atoms with E-state index >= 15 is 0 Å². The second-order valence-corrected chi connectivity index (χ2v) is 6.97. The highest BCUT2D eigenvalue weighted by molar-refractivity contribution is 7.80. The smallest absolute Gasteiger partial charge is 0.238 e. The topological polar surface area (TPSA) is 92.1 Å². The van der Waals surface area contributed by atoms with Crippen molar-refractivity contribution in [1.29, 1.82) is 0 Å². The van der Waals surface area contributed by atoms with Gasteiger partial charge in [0.2, 0.25) is 17.6 Å². The summed E-state index contributed by atoms with van der Waals surface area (Å²) in [4.78, 5) is 17.1. The van der Waals surface area contributed by atoms with Gasteiger partial charge >= 0.3 is 0 Å². The number of nitrogens with one attached hydrogen (secondary N) is 3. The molecule has 1 amide bonds. The lowest BCUT2D eigenvalue weighted by molar-refractivity contribution is -0.121. The minimum Gasteiger partial charge on any atom is -0.359 e. The fraction of sp³-hybridized carbons (Fsp3) is 0.467. The van der Waals surface area contributed by atoms with Gasteiger partial charge in [-0.3, -0.25) is 15.6 Å². The molecule has 0 spiro atoms. The van der Waals surface area contributed by atoms with Gasteiger partial charge in [-0.25, -0.2) is 0 Å². The number of hydrogen-bond donors (Lipinski definition) is 3. The highest BCUT2D eigenvalue weighted by Gasteiger charge is 2.16. The first kappa shape index (κ1) is 16.8. The van der Waals surface area contributed by atoms with E-state index in [0.717, 1.165) is 17.7 Å². The maximum absolute atomic E-state index is 11.8. The van der Waals surface area contributed by atoms with Crippen molar-refractivity contribution in [2.75, 3.05) is 0 Å². The van der Waals surface area contributed by atoms with Crippen LogP contribution in [0.25, 0.3) is 10.7 Å². The van der Waals surface area contributed by atoms with Crippen LogP contribution in [0.1, 0.15) is 38.0 Å². The standard InChI is InChI=1S/C15H19N5O2S2/c21-12(18-19-15(23)16-10-4-1-2-5-10)7-8-13-17-14(20-22-13)11-6-3-9-24-11/h3,6,9-10H,1-2,4-5,7-8H2,(H,18,21)(H2,16,19,23). The van der Waals surface area contributed by atoms with Gasteiger partial charge in [0.25, 0.3) is 0 Å². The lowest BCUT2D eigenvalue weighted by Gasteiger charge is -2.15. The summed E-state index contributed by atoms with van der Waals surface area (Å²) >= 11 is 6.70. The van der Waals surface area contributed by atoms with Crippen LogP contribution in [0.15, 0.2) is 22.0 Å². The van der Waals surface area contributed by atoms with E-state index in [1.54, 1.807) is 11.3 Å². The van der Waals surface area contributed by atoms with Crippen molar-refractivity contribution in [2.24, 2.45) is 0 Å². The van der Waals surface area contributed by atoms with Crippen LogP contribution in [0.2, 0.25) is 0 Å². The molecule has 128 valence electrons. The van der Waals surface area contributed by atoms with E-state index in [4.69, 9.17) is 16.7 Å². The minimum atomic E-state index is -0.179. The van der Waals surface area contributed by atoms with Crippen LogP contribution in [-0.2, 0) is 11.2 Å². The Bertz CT molecular complexity index is 680. The average Bonchev–Trinajstić information content (AvgIpc) is 3.31. The molecule has 3 N–H and O–H groups in total. The molecule has 2 aromatic heterocycles. The van der Waals surface area contributed by atoms with Crippen molar-refractivity contribution in [2.45, 2.75) is 44.6 Å². The molecule has 24 heavy (non-hydrogen) atoms. The average molecular weight is 365 g/mol. The van der Waals surface area contributed by atoms with E-state index in [0.29, 0.717) is 29.3 Å². The van der Waals surface area contributed by atoms with Crippen molar-refractivity contribution < 1.29 is 9.32 Å². The van der Waals surface area contributed by atoms with Gasteiger partial charge in [-0.05, 0) is 36.5 Å². The number of thiocarbonyl (C=S) groups is 1. The molecule has 0 radical (unpaired) electrons. The van der Waals surface area contributed by atoms with Gasteiger partial charge in [0.15, 0.2) is 5.11 Å². The minimum absolute atomic E-state index is 0.179. The lowest BCUT2D eigenvalue weighted by Crippen LogP contribution is -2.49. The predicted molar refractivity (Wildman–Crippen MR) is 95.2 cm³/mol. The quantitative estimate of drug-likeness (QED) is 0.552. The van der Waals surface area contributed by atoms with Crippen LogP contribution in [-0.4, -0.2) is 27.2 Å². The number of rotatable bonds is 5. The zero-order valence-corrected chi connectivity index (χ0v) is 14.7. The second kappa shape index (κ2) is 8.20. The molecule has 0 saturated heterocycles. The number of aromatic nitrogens is 2. The summed E-state index contributed by atoms with van der Waals surface area (Å²) in [5, 5.41) is 9.51. The number of aryl methyl sites for hydroxylation is 1. The zero-order valence-electron chi connectivity index (χ0n) is 13.1. The first-order valence-electron chi connectivity index (χ1n) is 7.92. The molecule has 1 aliphatic carbocycles. The molecular formula is C15H19N5O2S2. The fourth-order valence-corrected chi connectivity index (χ4v) is 3.43.